The molecular weight excluding hydrogens is 789 g/mol. The summed E-state index contributed by atoms with van der Waals surface area (Å²) in [7, 11) is -0.0578. The van der Waals surface area contributed by atoms with Crippen molar-refractivity contribution in [3.8, 4) is 11.5 Å². The number of rotatable bonds is 12. The van der Waals surface area contributed by atoms with Crippen LogP contribution in [0.1, 0.15) is 36.8 Å². The first-order chi connectivity index (χ1) is 27.8. The number of aliphatic hydroxyl groups is 1. The Morgan fingerprint density at radius 2 is 1.57 bits per heavy atom. The number of thiocarbonyl (C=S) groups is 1. The number of benzene rings is 3. The lowest BCUT2D eigenvalue weighted by Crippen LogP contribution is -2.47. The number of aliphatic hydroxyl groups excluding tert-OH is 1. The summed E-state index contributed by atoms with van der Waals surface area (Å²) >= 11 is 5.67. The Bertz CT molecular complexity index is 2360. The first-order valence-corrected chi connectivity index (χ1v) is 20.8. The average molecular weight is 833 g/mol. The Balaban J connectivity index is 1.28. The van der Waals surface area contributed by atoms with Gasteiger partial charge in [0.05, 0.1) is 38.7 Å². The number of sulfone groups is 1. The highest BCUT2D eigenvalue weighted by Crippen LogP contribution is 2.43. The quantitative estimate of drug-likeness (QED) is 0.122. The van der Waals surface area contributed by atoms with E-state index >= 15 is 0 Å². The number of nitrogens with zero attached hydrogens (tertiary/aromatic N) is 4. The summed E-state index contributed by atoms with van der Waals surface area (Å²) in [5.74, 6) is 0.195. The van der Waals surface area contributed by atoms with Crippen LogP contribution in [0.25, 0.3) is 11.2 Å². The van der Waals surface area contributed by atoms with E-state index in [4.69, 9.17) is 35.9 Å². The highest BCUT2D eigenvalue weighted by atomic mass is 32.2. The third-order valence-corrected chi connectivity index (χ3v) is 12.2. The predicted octanol–water partition coefficient (Wildman–Crippen LogP) is 3.40. The molecule has 0 spiro atoms. The SMILES string of the molecule is COc1ccc(C(OC[C@H]2O[C@@H](n3cnc4c(=O)[nH]c(NC(=O)C(C)C)nc43)C(OC(=S)N3CCS(=O)(=O)CC3)[C@@H]2O)(c2ccccc2)c2ccc(OC)cc2)cc1. The maximum atomic E-state index is 13.2. The van der Waals surface area contributed by atoms with Gasteiger partial charge in [0.2, 0.25) is 11.9 Å². The number of amides is 1. The van der Waals surface area contributed by atoms with Crippen molar-refractivity contribution in [2.45, 2.75) is 44.0 Å². The molecule has 1 amide bonds. The van der Waals surface area contributed by atoms with Gasteiger partial charge in [0.1, 0.15) is 29.3 Å². The van der Waals surface area contributed by atoms with Crippen molar-refractivity contribution < 1.29 is 42.0 Å². The zero-order chi connectivity index (χ0) is 41.2. The molecule has 4 atom stereocenters. The normalized spacial score (nSPS) is 20.6. The fraction of sp³-hybridized carbons (Fsp3) is 0.375. The van der Waals surface area contributed by atoms with Crippen molar-refractivity contribution in [1.29, 1.82) is 0 Å². The first-order valence-electron chi connectivity index (χ1n) is 18.6. The smallest absolute Gasteiger partial charge is 0.280 e. The molecule has 5 aromatic rings. The van der Waals surface area contributed by atoms with Gasteiger partial charge in [0.15, 0.2) is 33.3 Å². The largest absolute Gasteiger partial charge is 0.497 e. The van der Waals surface area contributed by atoms with Crippen LogP contribution in [0.2, 0.25) is 0 Å². The van der Waals surface area contributed by atoms with Gasteiger partial charge < -0.3 is 33.7 Å². The van der Waals surface area contributed by atoms with Gasteiger partial charge in [-0.05, 0) is 53.2 Å². The minimum absolute atomic E-state index is 0.0377. The second kappa shape index (κ2) is 16.8. The van der Waals surface area contributed by atoms with E-state index in [0.717, 1.165) is 16.7 Å². The second-order valence-corrected chi connectivity index (χ2v) is 16.9. The van der Waals surface area contributed by atoms with E-state index in [1.165, 1.54) is 10.9 Å². The zero-order valence-electron chi connectivity index (χ0n) is 32.2. The van der Waals surface area contributed by atoms with Crippen LogP contribution < -0.4 is 20.3 Å². The number of hydrogen-bond acceptors (Lipinski definition) is 13. The summed E-state index contributed by atoms with van der Waals surface area (Å²) in [4.78, 5) is 38.7. The molecule has 18 heteroatoms. The van der Waals surface area contributed by atoms with Gasteiger partial charge in [-0.1, -0.05) is 68.4 Å². The summed E-state index contributed by atoms with van der Waals surface area (Å²) in [6, 6.07) is 24.6. The van der Waals surface area contributed by atoms with E-state index < -0.39 is 51.5 Å². The lowest BCUT2D eigenvalue weighted by molar-refractivity contribution is -0.118. The van der Waals surface area contributed by atoms with E-state index in [1.807, 2.05) is 78.9 Å². The van der Waals surface area contributed by atoms with Gasteiger partial charge in [-0.15, -0.1) is 0 Å². The molecule has 58 heavy (non-hydrogen) atoms. The van der Waals surface area contributed by atoms with Crippen LogP contribution in [-0.4, -0.2) is 113 Å². The van der Waals surface area contributed by atoms with Crippen molar-refractivity contribution in [2.24, 2.45) is 5.92 Å². The van der Waals surface area contributed by atoms with Gasteiger partial charge in [-0.25, -0.2) is 13.4 Å². The predicted molar refractivity (Wildman–Crippen MR) is 217 cm³/mol. The Morgan fingerprint density at radius 1 is 0.983 bits per heavy atom. The molecule has 0 saturated carbocycles. The van der Waals surface area contributed by atoms with E-state index in [9.17, 15) is 23.1 Å². The number of carbonyl (C=O) groups excluding carboxylic acids is 1. The van der Waals surface area contributed by atoms with Crippen LogP contribution in [0, 0.1) is 5.92 Å². The molecule has 2 aliphatic rings. The molecule has 0 aliphatic carbocycles. The summed E-state index contributed by atoms with van der Waals surface area (Å²) in [6.07, 6.45) is -3.54. The summed E-state index contributed by atoms with van der Waals surface area (Å²) < 4.78 is 56.8. The maximum Gasteiger partial charge on any atom is 0.280 e. The number of aromatic amines is 1. The average Bonchev–Trinajstić information content (AvgIpc) is 3.79. The lowest BCUT2D eigenvalue weighted by Gasteiger charge is -2.37. The fourth-order valence-corrected chi connectivity index (χ4v) is 8.50. The first kappa shape index (κ1) is 40.8. The highest BCUT2D eigenvalue weighted by Gasteiger charge is 2.50. The number of fused-ring (bicyclic) bond motifs is 1. The minimum Gasteiger partial charge on any atom is -0.497 e. The Morgan fingerprint density at radius 3 is 2.14 bits per heavy atom. The van der Waals surface area contributed by atoms with E-state index in [2.05, 4.69) is 20.3 Å². The Hall–Kier alpha value is -5.40. The molecule has 16 nitrogen and oxygen atoms in total. The van der Waals surface area contributed by atoms with Crippen LogP contribution in [0.15, 0.2) is 90.0 Å². The lowest BCUT2D eigenvalue weighted by atomic mass is 9.80. The Kier molecular flexibility index (Phi) is 11.8. The topological polar surface area (TPSA) is 196 Å². The third kappa shape index (κ3) is 8.15. The van der Waals surface area contributed by atoms with Crippen molar-refractivity contribution in [3.05, 3.63) is 112 Å². The molecular formula is C40H44N6O10S2. The standard InChI is InChI=1S/C40H44N6O10S2/c1-24(2)35(48)43-38-42-34-31(36(49)44-38)41-23-46(34)37-33(56-39(57)45-18-20-58(50,51)21-19-45)32(47)30(55-37)22-54-40(25-8-6-5-7-9-25,26-10-14-28(52-3)15-11-26)27-12-16-29(53-4)17-13-27/h5-17,23-24,30,32-33,37,47H,18-22H2,1-4H3,(H2,42,43,44,48,49)/t30-,32-,33?,37-/m1/s1. The second-order valence-electron chi connectivity index (χ2n) is 14.2. The number of carbonyl (C=O) groups is 1. The number of aromatic nitrogens is 4. The van der Waals surface area contributed by atoms with Gasteiger partial charge >= 0.3 is 0 Å². The minimum atomic E-state index is -3.23. The van der Waals surface area contributed by atoms with Crippen LogP contribution in [0.4, 0.5) is 5.95 Å². The molecule has 2 aliphatic heterocycles. The van der Waals surface area contributed by atoms with E-state index in [0.29, 0.717) is 11.5 Å². The van der Waals surface area contributed by atoms with Crippen molar-refractivity contribution in [3.63, 3.8) is 0 Å². The van der Waals surface area contributed by atoms with Gasteiger partial charge in [-0.3, -0.25) is 24.5 Å². The summed E-state index contributed by atoms with van der Waals surface area (Å²) in [5.41, 5.74) is 0.404. The monoisotopic (exact) mass is 832 g/mol. The number of methoxy groups -OCH3 is 2. The molecule has 306 valence electrons. The molecule has 0 bridgehead atoms. The number of H-pyrrole nitrogens is 1. The Labute approximate surface area is 340 Å². The molecule has 7 rings (SSSR count). The molecule has 2 fully saturated rings. The van der Waals surface area contributed by atoms with Crippen LogP contribution in [-0.2, 0) is 34.4 Å². The summed E-state index contributed by atoms with van der Waals surface area (Å²) in [6.45, 7) is 3.41. The zero-order valence-corrected chi connectivity index (χ0v) is 33.9. The van der Waals surface area contributed by atoms with Crippen molar-refractivity contribution >= 4 is 50.2 Å². The molecule has 2 aromatic heterocycles. The summed E-state index contributed by atoms with van der Waals surface area (Å²) in [5, 5.41) is 14.7. The molecule has 1 unspecified atom stereocenters. The van der Waals surface area contributed by atoms with E-state index in [1.54, 1.807) is 33.0 Å². The van der Waals surface area contributed by atoms with Crippen LogP contribution in [0.5, 0.6) is 11.5 Å². The van der Waals surface area contributed by atoms with Crippen molar-refractivity contribution in [2.75, 3.05) is 50.7 Å². The van der Waals surface area contributed by atoms with Crippen LogP contribution in [0.3, 0.4) is 0 Å². The number of hydrogen-bond donors (Lipinski definition) is 3. The molecule has 3 N–H and O–H groups in total. The number of anilines is 1. The molecule has 0 radical (unpaired) electrons. The van der Waals surface area contributed by atoms with Gasteiger partial charge in [-0.2, -0.15) is 4.98 Å². The molecule has 4 heterocycles. The number of nitrogens with one attached hydrogen (secondary N) is 2. The van der Waals surface area contributed by atoms with Gasteiger partial charge in [0.25, 0.3) is 10.7 Å². The maximum absolute atomic E-state index is 13.2. The molecule has 2 saturated heterocycles. The molecule has 3 aromatic carbocycles. The van der Waals surface area contributed by atoms with Crippen molar-refractivity contribution in [1.82, 2.24) is 24.4 Å². The number of ether oxygens (including phenoxy) is 5. The van der Waals surface area contributed by atoms with Crippen LogP contribution >= 0.6 is 12.2 Å². The number of imidazole rings is 1. The fourth-order valence-electron chi connectivity index (χ4n) is 7.01. The highest BCUT2D eigenvalue weighted by molar-refractivity contribution is 7.91. The van der Waals surface area contributed by atoms with Gasteiger partial charge in [0, 0.05) is 19.0 Å². The van der Waals surface area contributed by atoms with E-state index in [-0.39, 0.29) is 59.4 Å². The third-order valence-electron chi connectivity index (χ3n) is 10.3.